The summed E-state index contributed by atoms with van der Waals surface area (Å²) in [7, 11) is 0. The highest BCUT2D eigenvalue weighted by atomic mass is 16.5. The van der Waals surface area contributed by atoms with Crippen LogP contribution >= 0.6 is 0 Å². The molecule has 0 aromatic heterocycles. The number of hydrogen-bond acceptors (Lipinski definition) is 4. The second kappa shape index (κ2) is 6.15. The third kappa shape index (κ3) is 3.20. The number of rotatable bonds is 1. The Morgan fingerprint density at radius 2 is 1.89 bits per heavy atom. The van der Waals surface area contributed by atoms with Crippen LogP contribution in [0.25, 0.3) is 0 Å². The van der Waals surface area contributed by atoms with E-state index in [-0.39, 0.29) is 17.9 Å². The second-order valence-electron chi connectivity index (χ2n) is 4.75. The van der Waals surface area contributed by atoms with Crippen LogP contribution in [0.5, 0.6) is 0 Å². The molecule has 6 heteroatoms. The molecular formula is C12H21N3O3. The van der Waals surface area contributed by atoms with Crippen LogP contribution in [0.15, 0.2) is 0 Å². The number of nitrogens with one attached hydrogen (secondary N) is 1. The van der Waals surface area contributed by atoms with E-state index in [1.54, 1.807) is 11.8 Å². The van der Waals surface area contributed by atoms with Gasteiger partial charge in [-0.15, -0.1) is 0 Å². The summed E-state index contributed by atoms with van der Waals surface area (Å²) in [4.78, 5) is 27.2. The summed E-state index contributed by atoms with van der Waals surface area (Å²) in [5, 5.41) is 3.16. The van der Waals surface area contributed by atoms with E-state index >= 15 is 0 Å². The Morgan fingerprint density at radius 1 is 1.17 bits per heavy atom. The van der Waals surface area contributed by atoms with E-state index in [2.05, 4.69) is 5.32 Å². The molecular weight excluding hydrogens is 234 g/mol. The fourth-order valence-corrected chi connectivity index (χ4v) is 2.38. The highest BCUT2D eigenvalue weighted by Crippen LogP contribution is 2.08. The molecule has 0 aromatic carbocycles. The molecule has 18 heavy (non-hydrogen) atoms. The molecule has 6 nitrogen and oxygen atoms in total. The van der Waals surface area contributed by atoms with Crippen molar-refractivity contribution in [1.82, 2.24) is 15.1 Å². The Morgan fingerprint density at radius 3 is 2.56 bits per heavy atom. The first-order chi connectivity index (χ1) is 8.68. The summed E-state index contributed by atoms with van der Waals surface area (Å²) >= 11 is 0. The smallest absolute Gasteiger partial charge is 0.253 e. The summed E-state index contributed by atoms with van der Waals surface area (Å²) in [6.45, 7) is 6.24. The lowest BCUT2D eigenvalue weighted by Crippen LogP contribution is -2.50. The van der Waals surface area contributed by atoms with Crippen molar-refractivity contribution in [3.63, 3.8) is 0 Å². The van der Waals surface area contributed by atoms with Crippen molar-refractivity contribution in [1.29, 1.82) is 0 Å². The largest absolute Gasteiger partial charge is 0.366 e. The first-order valence-corrected chi connectivity index (χ1v) is 6.55. The number of carbonyl (C=O) groups excluding carboxylic acids is 2. The summed E-state index contributed by atoms with van der Waals surface area (Å²) in [6, 6.07) is 0. The van der Waals surface area contributed by atoms with Crippen LogP contribution in [0.4, 0.5) is 0 Å². The van der Waals surface area contributed by atoms with Crippen LogP contribution in [-0.2, 0) is 14.3 Å². The van der Waals surface area contributed by atoms with Gasteiger partial charge in [-0.25, -0.2) is 0 Å². The van der Waals surface area contributed by atoms with E-state index in [1.165, 1.54) is 0 Å². The first kappa shape index (κ1) is 13.3. The average Bonchev–Trinajstić information content (AvgIpc) is 2.64. The molecule has 1 unspecified atom stereocenters. The fourth-order valence-electron chi connectivity index (χ4n) is 2.38. The van der Waals surface area contributed by atoms with E-state index in [0.717, 1.165) is 19.5 Å². The van der Waals surface area contributed by atoms with Crippen molar-refractivity contribution in [3.8, 4) is 0 Å². The molecule has 0 radical (unpaired) electrons. The Balaban J connectivity index is 1.88. The molecule has 0 aliphatic carbocycles. The predicted octanol–water partition coefficient (Wildman–Crippen LogP) is -0.944. The van der Waals surface area contributed by atoms with Gasteiger partial charge in [0.1, 0.15) is 6.10 Å². The van der Waals surface area contributed by atoms with Crippen molar-refractivity contribution in [3.05, 3.63) is 0 Å². The van der Waals surface area contributed by atoms with Crippen molar-refractivity contribution in [2.75, 3.05) is 45.9 Å². The molecule has 2 aliphatic heterocycles. The molecule has 0 bridgehead atoms. The quantitative estimate of drug-likeness (QED) is 0.656. The van der Waals surface area contributed by atoms with Gasteiger partial charge in [0, 0.05) is 46.2 Å². The molecule has 2 heterocycles. The Bertz CT molecular complexity index is 316. The molecule has 0 spiro atoms. The molecule has 2 aliphatic rings. The molecule has 2 rings (SSSR count). The summed E-state index contributed by atoms with van der Waals surface area (Å²) in [6.07, 6.45) is 0.480. The maximum absolute atomic E-state index is 12.2. The first-order valence-electron chi connectivity index (χ1n) is 6.55. The molecule has 2 amide bonds. The van der Waals surface area contributed by atoms with Gasteiger partial charge < -0.3 is 19.9 Å². The van der Waals surface area contributed by atoms with Crippen LogP contribution in [0.1, 0.15) is 13.3 Å². The highest BCUT2D eigenvalue weighted by molar-refractivity contribution is 5.81. The van der Waals surface area contributed by atoms with Crippen molar-refractivity contribution in [2.45, 2.75) is 19.4 Å². The van der Waals surface area contributed by atoms with Gasteiger partial charge in [0.2, 0.25) is 5.91 Å². The normalized spacial score (nSPS) is 25.7. The maximum atomic E-state index is 12.2. The van der Waals surface area contributed by atoms with Crippen LogP contribution in [0.2, 0.25) is 0 Å². The zero-order chi connectivity index (χ0) is 13.0. The molecule has 2 saturated heterocycles. The topological polar surface area (TPSA) is 61.9 Å². The van der Waals surface area contributed by atoms with E-state index < -0.39 is 0 Å². The lowest BCUT2D eigenvalue weighted by Gasteiger charge is -2.29. The van der Waals surface area contributed by atoms with Crippen molar-refractivity contribution < 1.29 is 14.3 Å². The minimum Gasteiger partial charge on any atom is -0.366 e. The lowest BCUT2D eigenvalue weighted by molar-refractivity contribution is -0.145. The van der Waals surface area contributed by atoms with Gasteiger partial charge >= 0.3 is 0 Å². The third-order valence-corrected chi connectivity index (χ3v) is 3.46. The van der Waals surface area contributed by atoms with Crippen LogP contribution in [0.3, 0.4) is 0 Å². The molecule has 1 N–H and O–H groups in total. The van der Waals surface area contributed by atoms with Crippen molar-refractivity contribution >= 4 is 11.8 Å². The molecule has 2 fully saturated rings. The van der Waals surface area contributed by atoms with Crippen LogP contribution in [-0.4, -0.2) is 73.6 Å². The lowest BCUT2D eigenvalue weighted by atomic mass is 10.2. The molecule has 0 saturated carbocycles. The van der Waals surface area contributed by atoms with Gasteiger partial charge in [0.25, 0.3) is 5.91 Å². The predicted molar refractivity (Wildman–Crippen MR) is 66.1 cm³/mol. The highest BCUT2D eigenvalue weighted by Gasteiger charge is 2.28. The zero-order valence-corrected chi connectivity index (χ0v) is 10.9. The van der Waals surface area contributed by atoms with Gasteiger partial charge in [0.15, 0.2) is 0 Å². The maximum Gasteiger partial charge on any atom is 0.253 e. The number of nitrogens with zero attached hydrogens (tertiary/aromatic N) is 2. The average molecular weight is 255 g/mol. The Kier molecular flexibility index (Phi) is 4.54. The fraction of sp³-hybridized carbons (Fsp3) is 0.833. The monoisotopic (exact) mass is 255 g/mol. The minimum atomic E-state index is -0.359. The standard InChI is InChI=1S/C12H21N3O3/c1-10(16)14-4-2-5-15(7-6-14)12(17)11-9-13-3-8-18-11/h11,13H,2-9H2,1H3. The number of carbonyl (C=O) groups is 2. The van der Waals surface area contributed by atoms with Crippen LogP contribution < -0.4 is 5.32 Å². The minimum absolute atomic E-state index is 0.0487. The second-order valence-corrected chi connectivity index (χ2v) is 4.75. The van der Waals surface area contributed by atoms with Gasteiger partial charge in [-0.3, -0.25) is 9.59 Å². The van der Waals surface area contributed by atoms with E-state index in [4.69, 9.17) is 4.74 Å². The number of ether oxygens (including phenoxy) is 1. The summed E-state index contributed by atoms with van der Waals surface area (Å²) in [5.74, 6) is 0.132. The van der Waals surface area contributed by atoms with Crippen LogP contribution in [0, 0.1) is 0 Å². The summed E-state index contributed by atoms with van der Waals surface area (Å²) in [5.41, 5.74) is 0. The van der Waals surface area contributed by atoms with Gasteiger partial charge in [-0.1, -0.05) is 0 Å². The zero-order valence-electron chi connectivity index (χ0n) is 10.9. The van der Waals surface area contributed by atoms with Gasteiger partial charge in [0.05, 0.1) is 6.61 Å². The SMILES string of the molecule is CC(=O)N1CCCN(C(=O)C2CNCCO2)CC1. The van der Waals surface area contributed by atoms with Crippen molar-refractivity contribution in [2.24, 2.45) is 0 Å². The molecule has 102 valence electrons. The van der Waals surface area contributed by atoms with E-state index in [0.29, 0.717) is 32.8 Å². The Hall–Kier alpha value is -1.14. The number of amides is 2. The molecule has 0 aromatic rings. The number of morpholine rings is 1. The van der Waals surface area contributed by atoms with Gasteiger partial charge in [-0.05, 0) is 6.42 Å². The Labute approximate surface area is 107 Å². The molecule has 1 atom stereocenters. The van der Waals surface area contributed by atoms with E-state index in [9.17, 15) is 9.59 Å². The third-order valence-electron chi connectivity index (χ3n) is 3.46. The number of hydrogen-bond donors (Lipinski definition) is 1. The summed E-state index contributed by atoms with van der Waals surface area (Å²) < 4.78 is 5.47. The van der Waals surface area contributed by atoms with E-state index in [1.807, 2.05) is 4.90 Å². The van der Waals surface area contributed by atoms with Gasteiger partial charge in [-0.2, -0.15) is 0 Å².